The molecule has 2 N–H and O–H groups in total. The van der Waals surface area contributed by atoms with Gasteiger partial charge < -0.3 is 20.3 Å². The van der Waals surface area contributed by atoms with E-state index in [0.717, 1.165) is 18.8 Å². The third-order valence-electron chi connectivity index (χ3n) is 5.59. The lowest BCUT2D eigenvalue weighted by molar-refractivity contribution is -0.118. The van der Waals surface area contributed by atoms with E-state index in [1.807, 2.05) is 45.0 Å². The summed E-state index contributed by atoms with van der Waals surface area (Å²) in [5.41, 5.74) is 2.39. The average Bonchev–Trinajstić information content (AvgIpc) is 3.19. The fraction of sp³-hybridized carbons (Fsp3) is 0.440. The minimum absolute atomic E-state index is 0.0583. The van der Waals surface area contributed by atoms with Crippen LogP contribution < -0.4 is 20.3 Å². The second kappa shape index (κ2) is 10.3. The highest BCUT2D eigenvalue weighted by Crippen LogP contribution is 2.25. The number of nitrogens with zero attached hydrogens (tertiary/aromatic N) is 1. The molecule has 0 bridgehead atoms. The third-order valence-corrected chi connectivity index (χ3v) is 5.59. The van der Waals surface area contributed by atoms with Crippen molar-refractivity contribution in [1.29, 1.82) is 0 Å². The van der Waals surface area contributed by atoms with E-state index < -0.39 is 6.04 Å². The SMILES string of the molecule is CCOc1ccc(C(=O)NC(C(=O)Nc2ccc(N3CCC(C)C3)cc2)C(C)C)cc1. The van der Waals surface area contributed by atoms with Gasteiger partial charge in [-0.2, -0.15) is 0 Å². The van der Waals surface area contributed by atoms with Crippen molar-refractivity contribution in [3.63, 3.8) is 0 Å². The molecule has 166 valence electrons. The molecule has 0 saturated carbocycles. The van der Waals surface area contributed by atoms with Gasteiger partial charge in [-0.25, -0.2) is 0 Å². The molecule has 0 radical (unpaired) electrons. The van der Waals surface area contributed by atoms with Gasteiger partial charge in [0.25, 0.3) is 5.91 Å². The lowest BCUT2D eigenvalue weighted by Gasteiger charge is -2.22. The van der Waals surface area contributed by atoms with Crippen molar-refractivity contribution in [2.45, 2.75) is 40.2 Å². The molecule has 31 heavy (non-hydrogen) atoms. The van der Waals surface area contributed by atoms with Crippen LogP contribution in [0.2, 0.25) is 0 Å². The van der Waals surface area contributed by atoms with E-state index in [1.54, 1.807) is 24.3 Å². The summed E-state index contributed by atoms with van der Waals surface area (Å²) in [6.07, 6.45) is 1.21. The maximum absolute atomic E-state index is 12.9. The summed E-state index contributed by atoms with van der Waals surface area (Å²) < 4.78 is 5.41. The molecular formula is C25H33N3O3. The lowest BCUT2D eigenvalue weighted by atomic mass is 10.0. The number of anilines is 2. The third kappa shape index (κ3) is 6.00. The molecule has 0 spiro atoms. The molecule has 1 aliphatic heterocycles. The Morgan fingerprint density at radius 2 is 1.77 bits per heavy atom. The van der Waals surface area contributed by atoms with Gasteiger partial charge >= 0.3 is 0 Å². The summed E-state index contributed by atoms with van der Waals surface area (Å²) in [7, 11) is 0. The molecule has 2 atom stereocenters. The Hall–Kier alpha value is -3.02. The van der Waals surface area contributed by atoms with Crippen LogP contribution in [0.5, 0.6) is 5.75 Å². The van der Waals surface area contributed by atoms with E-state index in [4.69, 9.17) is 4.74 Å². The number of rotatable bonds is 8. The van der Waals surface area contributed by atoms with Crippen LogP contribution in [0.3, 0.4) is 0 Å². The van der Waals surface area contributed by atoms with E-state index in [9.17, 15) is 9.59 Å². The van der Waals surface area contributed by atoms with Gasteiger partial charge in [0.1, 0.15) is 11.8 Å². The van der Waals surface area contributed by atoms with Crippen molar-refractivity contribution in [3.05, 3.63) is 54.1 Å². The fourth-order valence-electron chi connectivity index (χ4n) is 3.77. The Bertz CT molecular complexity index is 878. The van der Waals surface area contributed by atoms with E-state index in [1.165, 1.54) is 12.1 Å². The second-order valence-corrected chi connectivity index (χ2v) is 8.53. The first-order chi connectivity index (χ1) is 14.9. The van der Waals surface area contributed by atoms with Crippen LogP contribution in [-0.2, 0) is 4.79 Å². The number of carbonyl (C=O) groups is 2. The standard InChI is InChI=1S/C25H33N3O3/c1-5-31-22-12-6-19(7-13-22)24(29)27-23(17(2)3)25(30)26-20-8-10-21(11-9-20)28-15-14-18(4)16-28/h6-13,17-18,23H,5,14-16H2,1-4H3,(H,26,30)(H,27,29). The number of hydrogen-bond acceptors (Lipinski definition) is 4. The van der Waals surface area contributed by atoms with Gasteiger partial charge in [-0.3, -0.25) is 9.59 Å². The number of ether oxygens (including phenoxy) is 1. The molecule has 6 heteroatoms. The normalized spacial score (nSPS) is 16.8. The molecule has 3 rings (SSSR count). The van der Waals surface area contributed by atoms with Crippen LogP contribution in [0.1, 0.15) is 44.5 Å². The van der Waals surface area contributed by atoms with E-state index in [-0.39, 0.29) is 17.7 Å². The van der Waals surface area contributed by atoms with Crippen LogP contribution in [0.15, 0.2) is 48.5 Å². The van der Waals surface area contributed by atoms with E-state index in [0.29, 0.717) is 23.8 Å². The predicted octanol–water partition coefficient (Wildman–Crippen LogP) is 4.32. The minimum Gasteiger partial charge on any atom is -0.494 e. The van der Waals surface area contributed by atoms with Crippen LogP contribution in [-0.4, -0.2) is 37.6 Å². The number of amides is 2. The highest BCUT2D eigenvalue weighted by molar-refractivity contribution is 6.01. The Balaban J connectivity index is 1.61. The van der Waals surface area contributed by atoms with Crippen LogP contribution >= 0.6 is 0 Å². The molecule has 1 heterocycles. The number of nitrogens with one attached hydrogen (secondary N) is 2. The van der Waals surface area contributed by atoms with Crippen molar-refractivity contribution >= 4 is 23.2 Å². The van der Waals surface area contributed by atoms with Gasteiger partial charge in [0.2, 0.25) is 5.91 Å². The molecule has 6 nitrogen and oxygen atoms in total. The highest BCUT2D eigenvalue weighted by atomic mass is 16.5. The summed E-state index contributed by atoms with van der Waals surface area (Å²) in [4.78, 5) is 27.9. The van der Waals surface area contributed by atoms with Gasteiger partial charge in [-0.1, -0.05) is 20.8 Å². The summed E-state index contributed by atoms with van der Waals surface area (Å²) in [6, 6.07) is 14.2. The van der Waals surface area contributed by atoms with Gasteiger partial charge in [0, 0.05) is 30.0 Å². The molecule has 2 unspecified atom stereocenters. The van der Waals surface area contributed by atoms with Crippen LogP contribution in [0, 0.1) is 11.8 Å². The minimum atomic E-state index is -0.641. The molecule has 2 aromatic carbocycles. The van der Waals surface area contributed by atoms with Gasteiger partial charge in [-0.05, 0) is 73.7 Å². The molecule has 0 aromatic heterocycles. The molecular weight excluding hydrogens is 390 g/mol. The molecule has 2 aromatic rings. The predicted molar refractivity (Wildman–Crippen MR) is 125 cm³/mol. The van der Waals surface area contributed by atoms with Crippen LogP contribution in [0.4, 0.5) is 11.4 Å². The zero-order valence-electron chi connectivity index (χ0n) is 18.9. The van der Waals surface area contributed by atoms with Gasteiger partial charge in [0.15, 0.2) is 0 Å². The van der Waals surface area contributed by atoms with Gasteiger partial charge in [0.05, 0.1) is 6.61 Å². The summed E-state index contributed by atoms with van der Waals surface area (Å²) >= 11 is 0. The summed E-state index contributed by atoms with van der Waals surface area (Å²) in [5, 5.41) is 5.81. The highest BCUT2D eigenvalue weighted by Gasteiger charge is 2.25. The average molecular weight is 424 g/mol. The Morgan fingerprint density at radius 3 is 2.32 bits per heavy atom. The maximum Gasteiger partial charge on any atom is 0.251 e. The topological polar surface area (TPSA) is 70.7 Å². The Morgan fingerprint density at radius 1 is 1.10 bits per heavy atom. The molecule has 0 aliphatic carbocycles. The summed E-state index contributed by atoms with van der Waals surface area (Å²) in [5.74, 6) is 0.860. The first kappa shape index (κ1) is 22.7. The zero-order chi connectivity index (χ0) is 22.4. The Labute approximate surface area is 185 Å². The van der Waals surface area contributed by atoms with Crippen molar-refractivity contribution in [1.82, 2.24) is 5.32 Å². The van der Waals surface area contributed by atoms with Crippen LogP contribution in [0.25, 0.3) is 0 Å². The lowest BCUT2D eigenvalue weighted by Crippen LogP contribution is -2.47. The first-order valence-corrected chi connectivity index (χ1v) is 11.1. The maximum atomic E-state index is 12.9. The monoisotopic (exact) mass is 423 g/mol. The van der Waals surface area contributed by atoms with Crippen molar-refractivity contribution < 1.29 is 14.3 Å². The quantitative estimate of drug-likeness (QED) is 0.663. The van der Waals surface area contributed by atoms with E-state index >= 15 is 0 Å². The molecule has 1 aliphatic rings. The smallest absolute Gasteiger partial charge is 0.251 e. The largest absolute Gasteiger partial charge is 0.494 e. The fourth-order valence-corrected chi connectivity index (χ4v) is 3.77. The van der Waals surface area contributed by atoms with Gasteiger partial charge in [-0.15, -0.1) is 0 Å². The van der Waals surface area contributed by atoms with Crippen molar-refractivity contribution in [3.8, 4) is 5.75 Å². The first-order valence-electron chi connectivity index (χ1n) is 11.1. The van der Waals surface area contributed by atoms with Crippen molar-refractivity contribution in [2.24, 2.45) is 11.8 Å². The summed E-state index contributed by atoms with van der Waals surface area (Å²) in [6.45, 7) is 10.7. The van der Waals surface area contributed by atoms with Crippen molar-refractivity contribution in [2.75, 3.05) is 29.9 Å². The number of hydrogen-bond donors (Lipinski definition) is 2. The number of carbonyl (C=O) groups excluding carboxylic acids is 2. The molecule has 1 saturated heterocycles. The Kier molecular flexibility index (Phi) is 7.55. The molecule has 1 fully saturated rings. The number of benzene rings is 2. The zero-order valence-corrected chi connectivity index (χ0v) is 18.9. The second-order valence-electron chi connectivity index (χ2n) is 8.53. The molecule has 2 amide bonds. The van der Waals surface area contributed by atoms with E-state index in [2.05, 4.69) is 22.5 Å².